The summed E-state index contributed by atoms with van der Waals surface area (Å²) in [6.07, 6.45) is 0. The predicted molar refractivity (Wildman–Crippen MR) is 73.1 cm³/mol. The summed E-state index contributed by atoms with van der Waals surface area (Å²) in [6.45, 7) is 0. The van der Waals surface area contributed by atoms with E-state index in [-0.39, 0.29) is 0 Å². The van der Waals surface area contributed by atoms with Gasteiger partial charge in [-0.05, 0) is 30.3 Å². The minimum absolute atomic E-state index is 0.477. The molecule has 19 heavy (non-hydrogen) atoms. The van der Waals surface area contributed by atoms with Crippen molar-refractivity contribution in [2.24, 2.45) is 0 Å². The Morgan fingerprint density at radius 3 is 2.26 bits per heavy atom. The molecule has 0 heterocycles. The number of carbonyl (C=O) groups is 1. The van der Waals surface area contributed by atoms with E-state index in [0.717, 1.165) is 16.6 Å². The lowest BCUT2D eigenvalue weighted by atomic mass is 10.3. The van der Waals surface area contributed by atoms with Gasteiger partial charge in [-0.1, -0.05) is 28.1 Å². The molecule has 0 aromatic heterocycles. The molecular formula is C13H9BrF2N2O. The average molecular weight is 327 g/mol. The number of amides is 2. The van der Waals surface area contributed by atoms with Gasteiger partial charge in [-0.25, -0.2) is 13.6 Å². The van der Waals surface area contributed by atoms with Gasteiger partial charge in [-0.15, -0.1) is 0 Å². The van der Waals surface area contributed by atoms with E-state index in [2.05, 4.69) is 26.6 Å². The molecule has 6 heteroatoms. The van der Waals surface area contributed by atoms with E-state index in [1.807, 2.05) is 0 Å². The van der Waals surface area contributed by atoms with Crippen LogP contribution in [0.3, 0.4) is 0 Å². The molecule has 2 N–H and O–H groups in total. The van der Waals surface area contributed by atoms with Crippen molar-refractivity contribution in [2.45, 2.75) is 0 Å². The molecule has 0 atom stereocenters. The standard InChI is InChI=1S/C13H9BrF2N2O/c14-8-3-1-4-9(7-8)17-13(19)18-12-10(15)5-2-6-11(12)16/h1-7H,(H2,17,18,19). The molecule has 98 valence electrons. The number of anilines is 2. The van der Waals surface area contributed by atoms with E-state index in [4.69, 9.17) is 0 Å². The Hall–Kier alpha value is -1.95. The summed E-state index contributed by atoms with van der Waals surface area (Å²) in [7, 11) is 0. The number of hydrogen-bond donors (Lipinski definition) is 2. The topological polar surface area (TPSA) is 41.1 Å². The molecule has 2 aromatic rings. The number of hydrogen-bond acceptors (Lipinski definition) is 1. The zero-order chi connectivity index (χ0) is 13.8. The van der Waals surface area contributed by atoms with Gasteiger partial charge in [0.15, 0.2) is 0 Å². The Bertz CT molecular complexity index is 599. The highest BCUT2D eigenvalue weighted by Crippen LogP contribution is 2.19. The second-order valence-corrected chi connectivity index (χ2v) is 4.60. The summed E-state index contributed by atoms with van der Waals surface area (Å²) in [5.41, 5.74) is 0.0265. The molecule has 2 amide bonds. The van der Waals surface area contributed by atoms with Crippen molar-refractivity contribution in [1.29, 1.82) is 0 Å². The molecule has 0 spiro atoms. The smallest absolute Gasteiger partial charge is 0.308 e. The molecule has 0 aliphatic heterocycles. The summed E-state index contributed by atoms with van der Waals surface area (Å²) in [4.78, 5) is 11.6. The Kier molecular flexibility index (Phi) is 4.11. The number of nitrogens with one attached hydrogen (secondary N) is 2. The Labute approximate surface area is 116 Å². The summed E-state index contributed by atoms with van der Waals surface area (Å²) in [5.74, 6) is -1.66. The van der Waals surface area contributed by atoms with Gasteiger partial charge < -0.3 is 10.6 Å². The van der Waals surface area contributed by atoms with Crippen LogP contribution in [-0.4, -0.2) is 6.03 Å². The Morgan fingerprint density at radius 1 is 1.00 bits per heavy atom. The minimum Gasteiger partial charge on any atom is -0.308 e. The molecular weight excluding hydrogens is 318 g/mol. The molecule has 0 bridgehead atoms. The average Bonchev–Trinajstić information content (AvgIpc) is 2.34. The molecule has 0 aliphatic carbocycles. The van der Waals surface area contributed by atoms with Crippen LogP contribution in [0.4, 0.5) is 25.0 Å². The fraction of sp³-hybridized carbons (Fsp3) is 0. The van der Waals surface area contributed by atoms with Crippen LogP contribution >= 0.6 is 15.9 Å². The Balaban J connectivity index is 2.10. The highest BCUT2D eigenvalue weighted by Gasteiger charge is 2.11. The van der Waals surface area contributed by atoms with E-state index in [0.29, 0.717) is 5.69 Å². The van der Waals surface area contributed by atoms with Crippen molar-refractivity contribution in [3.8, 4) is 0 Å². The van der Waals surface area contributed by atoms with Crippen molar-refractivity contribution in [2.75, 3.05) is 10.6 Å². The number of para-hydroxylation sites is 1. The van der Waals surface area contributed by atoms with E-state index in [1.54, 1.807) is 24.3 Å². The van der Waals surface area contributed by atoms with Crippen molar-refractivity contribution >= 4 is 33.3 Å². The maximum Gasteiger partial charge on any atom is 0.323 e. The summed E-state index contributed by atoms with van der Waals surface area (Å²) >= 11 is 3.25. The van der Waals surface area contributed by atoms with Crippen LogP contribution in [0, 0.1) is 11.6 Å². The van der Waals surface area contributed by atoms with E-state index in [1.165, 1.54) is 6.07 Å². The van der Waals surface area contributed by atoms with Crippen LogP contribution in [0.15, 0.2) is 46.9 Å². The van der Waals surface area contributed by atoms with Gasteiger partial charge >= 0.3 is 6.03 Å². The highest BCUT2D eigenvalue weighted by atomic mass is 79.9. The molecule has 0 saturated carbocycles. The molecule has 3 nitrogen and oxygen atoms in total. The molecule has 0 saturated heterocycles. The molecule has 0 aliphatic rings. The number of carbonyl (C=O) groups excluding carboxylic acids is 1. The van der Waals surface area contributed by atoms with Crippen molar-refractivity contribution in [1.82, 2.24) is 0 Å². The summed E-state index contributed by atoms with van der Waals surface area (Å²) < 4.78 is 27.4. The molecule has 0 radical (unpaired) electrons. The quantitative estimate of drug-likeness (QED) is 0.845. The third-order valence-electron chi connectivity index (χ3n) is 2.28. The van der Waals surface area contributed by atoms with Crippen LogP contribution in [0.25, 0.3) is 0 Å². The van der Waals surface area contributed by atoms with Crippen molar-refractivity contribution in [3.05, 3.63) is 58.6 Å². The first-order chi connectivity index (χ1) is 9.06. The maximum absolute atomic E-state index is 13.3. The molecule has 0 fully saturated rings. The van der Waals surface area contributed by atoms with Crippen LogP contribution in [0.5, 0.6) is 0 Å². The highest BCUT2D eigenvalue weighted by molar-refractivity contribution is 9.10. The van der Waals surface area contributed by atoms with E-state index >= 15 is 0 Å². The van der Waals surface area contributed by atoms with E-state index < -0.39 is 23.4 Å². The Morgan fingerprint density at radius 2 is 1.63 bits per heavy atom. The van der Waals surface area contributed by atoms with Crippen LogP contribution in [0.1, 0.15) is 0 Å². The lowest BCUT2D eigenvalue weighted by molar-refractivity contribution is 0.262. The van der Waals surface area contributed by atoms with Gasteiger partial charge in [0.1, 0.15) is 17.3 Å². The third-order valence-corrected chi connectivity index (χ3v) is 2.78. The SMILES string of the molecule is O=C(Nc1cccc(Br)c1)Nc1c(F)cccc1F. The molecule has 2 aromatic carbocycles. The predicted octanol–water partition coefficient (Wildman–Crippen LogP) is 4.37. The van der Waals surface area contributed by atoms with Crippen molar-refractivity contribution in [3.63, 3.8) is 0 Å². The van der Waals surface area contributed by atoms with Crippen molar-refractivity contribution < 1.29 is 13.6 Å². The minimum atomic E-state index is -0.829. The van der Waals surface area contributed by atoms with Gasteiger partial charge in [0, 0.05) is 10.2 Å². The summed E-state index contributed by atoms with van der Waals surface area (Å²) in [6, 6.07) is 9.47. The first-order valence-corrected chi connectivity index (χ1v) is 6.13. The van der Waals surface area contributed by atoms with Crippen LogP contribution in [0.2, 0.25) is 0 Å². The monoisotopic (exact) mass is 326 g/mol. The fourth-order valence-electron chi connectivity index (χ4n) is 1.46. The number of halogens is 3. The van der Waals surface area contributed by atoms with Crippen LogP contribution in [-0.2, 0) is 0 Å². The molecule has 2 rings (SSSR count). The van der Waals surface area contributed by atoms with E-state index in [9.17, 15) is 13.6 Å². The number of rotatable bonds is 2. The third kappa shape index (κ3) is 3.51. The fourth-order valence-corrected chi connectivity index (χ4v) is 1.86. The largest absolute Gasteiger partial charge is 0.323 e. The number of benzene rings is 2. The first kappa shape index (κ1) is 13.5. The van der Waals surface area contributed by atoms with Gasteiger partial charge in [0.05, 0.1) is 0 Å². The van der Waals surface area contributed by atoms with Crippen LogP contribution < -0.4 is 10.6 Å². The lowest BCUT2D eigenvalue weighted by Gasteiger charge is -2.09. The second-order valence-electron chi connectivity index (χ2n) is 3.69. The zero-order valence-corrected chi connectivity index (χ0v) is 11.2. The van der Waals surface area contributed by atoms with Gasteiger partial charge in [-0.3, -0.25) is 0 Å². The van der Waals surface area contributed by atoms with Gasteiger partial charge in [0.25, 0.3) is 0 Å². The maximum atomic E-state index is 13.3. The van der Waals surface area contributed by atoms with Gasteiger partial charge in [-0.2, -0.15) is 0 Å². The molecule has 0 unspecified atom stereocenters. The van der Waals surface area contributed by atoms with Gasteiger partial charge in [0.2, 0.25) is 0 Å². The summed E-state index contributed by atoms with van der Waals surface area (Å²) in [5, 5.41) is 4.60. The first-order valence-electron chi connectivity index (χ1n) is 5.34. The lowest BCUT2D eigenvalue weighted by Crippen LogP contribution is -2.20. The second kappa shape index (κ2) is 5.79. The zero-order valence-electron chi connectivity index (χ0n) is 9.58. The normalized spacial score (nSPS) is 10.1. The number of urea groups is 1.